The van der Waals surface area contributed by atoms with Gasteiger partial charge in [0.25, 0.3) is 11.8 Å². The van der Waals surface area contributed by atoms with Crippen LogP contribution in [0.15, 0.2) is 28.8 Å². The van der Waals surface area contributed by atoms with E-state index >= 15 is 0 Å². The summed E-state index contributed by atoms with van der Waals surface area (Å²) in [6.45, 7) is 4.50. The highest BCUT2D eigenvalue weighted by atomic mass is 16.5. The molecule has 0 bridgehead atoms. The number of nitrogens with one attached hydrogen (secondary N) is 2. The van der Waals surface area contributed by atoms with Gasteiger partial charge in [-0.1, -0.05) is 12.1 Å². The molecule has 1 fully saturated rings. The van der Waals surface area contributed by atoms with Gasteiger partial charge in [-0.2, -0.15) is 0 Å². The molecule has 6 heteroatoms. The average molecular weight is 327 g/mol. The van der Waals surface area contributed by atoms with Crippen LogP contribution in [0.1, 0.15) is 64.3 Å². The molecule has 6 nitrogen and oxygen atoms in total. The maximum atomic E-state index is 12.3. The van der Waals surface area contributed by atoms with Crippen LogP contribution in [0.4, 0.5) is 5.69 Å². The zero-order chi connectivity index (χ0) is 17.1. The molecule has 3 rings (SSSR count). The predicted octanol–water partition coefficient (Wildman–Crippen LogP) is 3.25. The summed E-state index contributed by atoms with van der Waals surface area (Å²) in [5.41, 5.74) is 2.33. The summed E-state index contributed by atoms with van der Waals surface area (Å²) >= 11 is 0. The smallest absolute Gasteiger partial charge is 0.277 e. The van der Waals surface area contributed by atoms with Crippen LogP contribution < -0.4 is 10.6 Å². The molecule has 2 aromatic rings. The van der Waals surface area contributed by atoms with Crippen LogP contribution in [0.25, 0.3) is 0 Å². The number of nitrogens with zero attached hydrogens (tertiary/aromatic N) is 1. The van der Waals surface area contributed by atoms with Crippen LogP contribution in [0.5, 0.6) is 0 Å². The minimum absolute atomic E-state index is 0.108. The van der Waals surface area contributed by atoms with E-state index in [0.717, 1.165) is 30.6 Å². The standard InChI is InChI=1S/C18H21N3O3/c1-3-8-19-17(22)13-6-7-14(11(2)9-13)20-18(23)15-10-16(24-21-15)12-4-5-12/h6-7,9-10,12H,3-5,8H2,1-2H3,(H,19,22)(H,20,23). The number of hydrogen-bond acceptors (Lipinski definition) is 4. The second-order valence-corrected chi connectivity index (χ2v) is 6.13. The van der Waals surface area contributed by atoms with Gasteiger partial charge in [-0.3, -0.25) is 9.59 Å². The topological polar surface area (TPSA) is 84.2 Å². The molecule has 0 spiro atoms. The fourth-order valence-corrected chi connectivity index (χ4v) is 2.43. The maximum Gasteiger partial charge on any atom is 0.277 e. The molecule has 2 N–H and O–H groups in total. The van der Waals surface area contributed by atoms with Crippen LogP contribution in [0.3, 0.4) is 0 Å². The van der Waals surface area contributed by atoms with Gasteiger partial charge < -0.3 is 15.2 Å². The van der Waals surface area contributed by atoms with Crippen molar-refractivity contribution >= 4 is 17.5 Å². The number of carbonyl (C=O) groups excluding carboxylic acids is 2. The minimum atomic E-state index is -0.308. The Morgan fingerprint density at radius 3 is 2.71 bits per heavy atom. The Kier molecular flexibility index (Phi) is 4.64. The quantitative estimate of drug-likeness (QED) is 0.853. The zero-order valence-electron chi connectivity index (χ0n) is 13.9. The van der Waals surface area contributed by atoms with E-state index in [2.05, 4.69) is 15.8 Å². The fourth-order valence-electron chi connectivity index (χ4n) is 2.43. The Morgan fingerprint density at radius 1 is 1.25 bits per heavy atom. The van der Waals surface area contributed by atoms with Gasteiger partial charge in [0.1, 0.15) is 5.76 Å². The number of rotatable bonds is 6. The van der Waals surface area contributed by atoms with Gasteiger partial charge in [-0.05, 0) is 49.9 Å². The highest BCUT2D eigenvalue weighted by Crippen LogP contribution is 2.40. The van der Waals surface area contributed by atoms with Crippen LogP contribution in [-0.2, 0) is 0 Å². The number of aromatic nitrogens is 1. The van der Waals surface area contributed by atoms with Gasteiger partial charge in [0, 0.05) is 29.8 Å². The Balaban J connectivity index is 1.67. The van der Waals surface area contributed by atoms with Crippen molar-refractivity contribution in [3.63, 3.8) is 0 Å². The lowest BCUT2D eigenvalue weighted by Crippen LogP contribution is -2.24. The summed E-state index contributed by atoms with van der Waals surface area (Å²) in [7, 11) is 0. The number of aryl methyl sites for hydroxylation is 1. The highest BCUT2D eigenvalue weighted by Gasteiger charge is 2.29. The van der Waals surface area contributed by atoms with Crippen molar-refractivity contribution in [2.75, 3.05) is 11.9 Å². The lowest BCUT2D eigenvalue weighted by Gasteiger charge is -2.09. The van der Waals surface area contributed by atoms with Crippen LogP contribution >= 0.6 is 0 Å². The average Bonchev–Trinajstić information content (AvgIpc) is 3.31. The molecular weight excluding hydrogens is 306 g/mol. The second-order valence-electron chi connectivity index (χ2n) is 6.13. The van der Waals surface area contributed by atoms with Gasteiger partial charge in [0.2, 0.25) is 0 Å². The van der Waals surface area contributed by atoms with Crippen molar-refractivity contribution in [3.05, 3.63) is 46.8 Å². The van der Waals surface area contributed by atoms with E-state index in [0.29, 0.717) is 23.7 Å². The van der Waals surface area contributed by atoms with E-state index in [1.807, 2.05) is 13.8 Å². The summed E-state index contributed by atoms with van der Waals surface area (Å²) in [5, 5.41) is 9.48. The molecule has 2 amide bonds. The van der Waals surface area contributed by atoms with Crippen molar-refractivity contribution in [3.8, 4) is 0 Å². The monoisotopic (exact) mass is 327 g/mol. The summed E-state index contributed by atoms with van der Waals surface area (Å²) in [6.07, 6.45) is 3.08. The van der Waals surface area contributed by atoms with Crippen molar-refractivity contribution in [2.24, 2.45) is 0 Å². The van der Waals surface area contributed by atoms with Gasteiger partial charge in [0.15, 0.2) is 5.69 Å². The number of anilines is 1. The Hall–Kier alpha value is -2.63. The third kappa shape index (κ3) is 3.64. The lowest BCUT2D eigenvalue weighted by atomic mass is 10.1. The summed E-state index contributed by atoms with van der Waals surface area (Å²) in [6, 6.07) is 6.90. The van der Waals surface area contributed by atoms with E-state index in [9.17, 15) is 9.59 Å². The lowest BCUT2D eigenvalue weighted by molar-refractivity contribution is 0.0953. The van der Waals surface area contributed by atoms with Crippen molar-refractivity contribution in [2.45, 2.75) is 39.0 Å². The number of benzene rings is 1. The molecule has 126 valence electrons. The second kappa shape index (κ2) is 6.86. The molecule has 1 aliphatic rings. The van der Waals surface area contributed by atoms with Gasteiger partial charge in [-0.15, -0.1) is 0 Å². The number of carbonyl (C=O) groups is 2. The van der Waals surface area contributed by atoms with Crippen molar-refractivity contribution < 1.29 is 14.1 Å². The molecule has 0 aliphatic heterocycles. The molecule has 1 aromatic heterocycles. The third-order valence-corrected chi connectivity index (χ3v) is 4.01. The number of amides is 2. The van der Waals surface area contributed by atoms with Gasteiger partial charge >= 0.3 is 0 Å². The van der Waals surface area contributed by atoms with Crippen LogP contribution in [0, 0.1) is 6.92 Å². The van der Waals surface area contributed by atoms with E-state index in [4.69, 9.17) is 4.52 Å². The summed E-state index contributed by atoms with van der Waals surface area (Å²) in [4.78, 5) is 24.2. The molecule has 0 unspecified atom stereocenters. The normalized spacial score (nSPS) is 13.6. The molecule has 1 saturated carbocycles. The van der Waals surface area contributed by atoms with Gasteiger partial charge in [-0.25, -0.2) is 0 Å². The molecule has 0 radical (unpaired) electrons. The first-order valence-corrected chi connectivity index (χ1v) is 8.25. The third-order valence-electron chi connectivity index (χ3n) is 4.01. The maximum absolute atomic E-state index is 12.3. The molecule has 0 saturated heterocycles. The number of hydrogen-bond donors (Lipinski definition) is 2. The van der Waals surface area contributed by atoms with E-state index in [1.165, 1.54) is 0 Å². The molecule has 1 aromatic carbocycles. The fraction of sp³-hybridized carbons (Fsp3) is 0.389. The van der Waals surface area contributed by atoms with Gasteiger partial charge in [0.05, 0.1) is 0 Å². The van der Waals surface area contributed by atoms with E-state index in [1.54, 1.807) is 24.3 Å². The Labute approximate surface area is 140 Å². The van der Waals surface area contributed by atoms with E-state index in [-0.39, 0.29) is 17.5 Å². The summed E-state index contributed by atoms with van der Waals surface area (Å²) < 4.78 is 5.20. The molecule has 1 heterocycles. The van der Waals surface area contributed by atoms with E-state index < -0.39 is 0 Å². The first-order chi connectivity index (χ1) is 11.6. The minimum Gasteiger partial charge on any atom is -0.360 e. The Morgan fingerprint density at radius 2 is 2.04 bits per heavy atom. The summed E-state index contributed by atoms with van der Waals surface area (Å²) in [5.74, 6) is 0.779. The zero-order valence-corrected chi connectivity index (χ0v) is 13.9. The first-order valence-electron chi connectivity index (χ1n) is 8.25. The molecule has 0 atom stereocenters. The van der Waals surface area contributed by atoms with Crippen molar-refractivity contribution in [1.82, 2.24) is 10.5 Å². The molecular formula is C18H21N3O3. The van der Waals surface area contributed by atoms with Crippen molar-refractivity contribution in [1.29, 1.82) is 0 Å². The van der Waals surface area contributed by atoms with Crippen LogP contribution in [-0.4, -0.2) is 23.5 Å². The SMILES string of the molecule is CCCNC(=O)c1ccc(NC(=O)c2cc(C3CC3)on2)c(C)c1. The molecule has 1 aliphatic carbocycles. The first kappa shape index (κ1) is 16.2. The highest BCUT2D eigenvalue weighted by molar-refractivity contribution is 6.03. The Bertz CT molecular complexity index is 763. The largest absolute Gasteiger partial charge is 0.360 e. The van der Waals surface area contributed by atoms with Crippen LogP contribution in [0.2, 0.25) is 0 Å². The molecule has 24 heavy (non-hydrogen) atoms. The predicted molar refractivity (Wildman–Crippen MR) is 90.2 cm³/mol.